The number of rotatable bonds is 9. The molecule has 0 spiro atoms. The fraction of sp³-hybridized carbons (Fsp3) is 1.00. The van der Waals surface area contributed by atoms with Crippen molar-refractivity contribution in [2.75, 3.05) is 19.6 Å². The van der Waals surface area contributed by atoms with Crippen molar-refractivity contribution in [3.05, 3.63) is 0 Å². The van der Waals surface area contributed by atoms with Crippen molar-refractivity contribution < 1.29 is 0 Å². The molecule has 0 saturated carbocycles. The van der Waals surface area contributed by atoms with E-state index in [-0.39, 0.29) is 12.4 Å². The molecule has 1 nitrogen and oxygen atoms in total. The van der Waals surface area contributed by atoms with E-state index < -0.39 is 0 Å². The van der Waals surface area contributed by atoms with E-state index in [9.17, 15) is 0 Å². The molecule has 0 aromatic carbocycles. The van der Waals surface area contributed by atoms with Crippen molar-refractivity contribution in [3.8, 4) is 0 Å². The molecule has 1 unspecified atom stereocenters. The van der Waals surface area contributed by atoms with Crippen LogP contribution < -0.4 is 0 Å². The summed E-state index contributed by atoms with van der Waals surface area (Å²) < 4.78 is 0. The summed E-state index contributed by atoms with van der Waals surface area (Å²) >= 11 is 0. The van der Waals surface area contributed by atoms with Crippen molar-refractivity contribution in [2.45, 2.75) is 78.1 Å². The summed E-state index contributed by atoms with van der Waals surface area (Å²) in [6.45, 7) is 8.77. The molecule has 1 rings (SSSR count). The lowest BCUT2D eigenvalue weighted by atomic mass is 10.00. The number of nitrogens with zero attached hydrogens (tertiary/aromatic N) is 1. The van der Waals surface area contributed by atoms with Gasteiger partial charge in [-0.3, -0.25) is 0 Å². The highest BCUT2D eigenvalue weighted by Gasteiger charge is 2.14. The van der Waals surface area contributed by atoms with Crippen LogP contribution in [-0.4, -0.2) is 24.5 Å². The largest absolute Gasteiger partial charge is 0.303 e. The van der Waals surface area contributed by atoms with Crippen LogP contribution in [0.1, 0.15) is 78.1 Å². The summed E-state index contributed by atoms with van der Waals surface area (Å²) in [5.74, 6) is 0.942. The highest BCUT2D eigenvalue weighted by molar-refractivity contribution is 5.85. The zero-order valence-corrected chi connectivity index (χ0v) is 13.4. The summed E-state index contributed by atoms with van der Waals surface area (Å²) in [6, 6.07) is 0. The molecule has 0 aromatic heterocycles. The number of hydrogen-bond acceptors (Lipinski definition) is 1. The minimum Gasteiger partial charge on any atom is -0.303 e. The number of piperidine rings is 1. The quantitative estimate of drug-likeness (QED) is 0.518. The molecule has 0 radical (unpaired) electrons. The first-order valence-corrected chi connectivity index (χ1v) is 8.05. The molecule has 1 saturated heterocycles. The second-order valence-electron chi connectivity index (χ2n) is 6.02. The molecule has 0 bridgehead atoms. The maximum absolute atomic E-state index is 2.69. The van der Waals surface area contributed by atoms with Crippen LogP contribution in [0.15, 0.2) is 0 Å². The van der Waals surface area contributed by atoms with Gasteiger partial charge < -0.3 is 4.90 Å². The van der Waals surface area contributed by atoms with Gasteiger partial charge in [-0.2, -0.15) is 0 Å². The zero-order chi connectivity index (χ0) is 12.3. The molecule has 1 fully saturated rings. The Labute approximate surface area is 121 Å². The summed E-state index contributed by atoms with van der Waals surface area (Å²) in [5, 5.41) is 0. The SMILES string of the molecule is CCCCCCCCCCN1CCCC(C)C1.Cl. The van der Waals surface area contributed by atoms with Crippen molar-refractivity contribution >= 4 is 12.4 Å². The molecule has 2 heteroatoms. The molecule has 0 aromatic rings. The van der Waals surface area contributed by atoms with Gasteiger partial charge in [0, 0.05) is 6.54 Å². The maximum atomic E-state index is 2.69. The fourth-order valence-electron chi connectivity index (χ4n) is 2.96. The fourth-order valence-corrected chi connectivity index (χ4v) is 2.96. The van der Waals surface area contributed by atoms with Gasteiger partial charge in [0.1, 0.15) is 0 Å². The molecule has 1 atom stereocenters. The Kier molecular flexibility index (Phi) is 12.5. The van der Waals surface area contributed by atoms with E-state index in [0.717, 1.165) is 5.92 Å². The van der Waals surface area contributed by atoms with Gasteiger partial charge in [-0.25, -0.2) is 0 Å². The van der Waals surface area contributed by atoms with Gasteiger partial charge in [-0.15, -0.1) is 12.4 Å². The maximum Gasteiger partial charge on any atom is 0.000703 e. The van der Waals surface area contributed by atoms with Gasteiger partial charge in [-0.05, 0) is 38.3 Å². The Bertz CT molecular complexity index is 172. The molecule has 1 aliphatic rings. The van der Waals surface area contributed by atoms with Crippen LogP contribution in [0.2, 0.25) is 0 Å². The number of likely N-dealkylation sites (tertiary alicyclic amines) is 1. The minimum absolute atomic E-state index is 0. The van der Waals surface area contributed by atoms with Crippen LogP contribution in [0.4, 0.5) is 0 Å². The topological polar surface area (TPSA) is 3.24 Å². The second-order valence-corrected chi connectivity index (χ2v) is 6.02. The molecular formula is C16H34ClN. The van der Waals surface area contributed by atoms with Crippen LogP contribution in [0.5, 0.6) is 0 Å². The van der Waals surface area contributed by atoms with Crippen LogP contribution in [-0.2, 0) is 0 Å². The van der Waals surface area contributed by atoms with E-state index in [1.807, 2.05) is 0 Å². The van der Waals surface area contributed by atoms with Gasteiger partial charge in [0.2, 0.25) is 0 Å². The Morgan fingerprint density at radius 3 is 2.17 bits per heavy atom. The first-order chi connectivity index (χ1) is 8.33. The van der Waals surface area contributed by atoms with Crippen LogP contribution >= 0.6 is 12.4 Å². The first kappa shape index (κ1) is 18.2. The lowest BCUT2D eigenvalue weighted by Gasteiger charge is -2.30. The smallest absolute Gasteiger partial charge is 0.000703 e. The summed E-state index contributed by atoms with van der Waals surface area (Å²) in [7, 11) is 0. The zero-order valence-electron chi connectivity index (χ0n) is 12.6. The Morgan fingerprint density at radius 1 is 0.944 bits per heavy atom. The van der Waals surface area contributed by atoms with E-state index in [1.165, 1.54) is 83.8 Å². The van der Waals surface area contributed by atoms with Crippen molar-refractivity contribution in [3.63, 3.8) is 0 Å². The molecule has 0 aliphatic carbocycles. The normalized spacial score (nSPS) is 20.7. The van der Waals surface area contributed by atoms with E-state index in [4.69, 9.17) is 0 Å². The summed E-state index contributed by atoms with van der Waals surface area (Å²) in [5.41, 5.74) is 0. The Morgan fingerprint density at radius 2 is 1.56 bits per heavy atom. The number of unbranched alkanes of at least 4 members (excludes halogenated alkanes) is 7. The third-order valence-corrected chi connectivity index (χ3v) is 4.07. The number of hydrogen-bond donors (Lipinski definition) is 0. The number of halogens is 1. The van der Waals surface area contributed by atoms with Gasteiger partial charge in [0.25, 0.3) is 0 Å². The predicted octanol–water partition coefficient (Wildman–Crippen LogP) is 5.28. The van der Waals surface area contributed by atoms with Crippen molar-refractivity contribution in [2.24, 2.45) is 5.92 Å². The average molecular weight is 276 g/mol. The average Bonchev–Trinajstić information content (AvgIpc) is 2.33. The molecule has 0 N–H and O–H groups in total. The molecule has 1 heterocycles. The molecule has 0 amide bonds. The minimum atomic E-state index is 0. The molecule has 18 heavy (non-hydrogen) atoms. The predicted molar refractivity (Wildman–Crippen MR) is 84.7 cm³/mol. The van der Waals surface area contributed by atoms with Gasteiger partial charge >= 0.3 is 0 Å². The highest BCUT2D eigenvalue weighted by atomic mass is 35.5. The summed E-state index contributed by atoms with van der Waals surface area (Å²) in [4.78, 5) is 2.69. The van der Waals surface area contributed by atoms with Crippen molar-refractivity contribution in [1.82, 2.24) is 4.90 Å². The summed E-state index contributed by atoms with van der Waals surface area (Å²) in [6.07, 6.45) is 14.4. The van der Waals surface area contributed by atoms with Gasteiger partial charge in [0.05, 0.1) is 0 Å². The lowest BCUT2D eigenvalue weighted by Crippen LogP contribution is -2.34. The molecular weight excluding hydrogens is 242 g/mol. The molecule has 110 valence electrons. The van der Waals surface area contributed by atoms with Gasteiger partial charge in [-0.1, -0.05) is 58.8 Å². The standard InChI is InChI=1S/C16H33N.ClH/c1-3-4-5-6-7-8-9-10-13-17-14-11-12-16(2)15-17;/h16H,3-15H2,1-2H3;1H. The van der Waals surface area contributed by atoms with Gasteiger partial charge in [0.15, 0.2) is 0 Å². The van der Waals surface area contributed by atoms with E-state index in [2.05, 4.69) is 18.7 Å². The van der Waals surface area contributed by atoms with Crippen LogP contribution in [0.3, 0.4) is 0 Å². The Balaban J connectivity index is 0.00000289. The van der Waals surface area contributed by atoms with E-state index >= 15 is 0 Å². The van der Waals surface area contributed by atoms with Crippen molar-refractivity contribution in [1.29, 1.82) is 0 Å². The lowest BCUT2D eigenvalue weighted by molar-refractivity contribution is 0.180. The van der Waals surface area contributed by atoms with Crippen LogP contribution in [0.25, 0.3) is 0 Å². The van der Waals surface area contributed by atoms with E-state index in [1.54, 1.807) is 0 Å². The first-order valence-electron chi connectivity index (χ1n) is 8.05. The third-order valence-electron chi connectivity index (χ3n) is 4.07. The second kappa shape index (κ2) is 12.3. The highest BCUT2D eigenvalue weighted by Crippen LogP contribution is 2.16. The molecule has 1 aliphatic heterocycles. The van der Waals surface area contributed by atoms with E-state index in [0.29, 0.717) is 0 Å². The monoisotopic (exact) mass is 275 g/mol. The third kappa shape index (κ3) is 9.22. The van der Waals surface area contributed by atoms with Crippen LogP contribution in [0, 0.1) is 5.92 Å². The Hall–Kier alpha value is 0.250.